The third kappa shape index (κ3) is 9.39. The molecule has 0 amide bonds. The second kappa shape index (κ2) is 8.39. The second-order valence-corrected chi connectivity index (χ2v) is 4.21. The lowest BCUT2D eigenvalue weighted by Crippen LogP contribution is -2.15. The molecule has 0 spiro atoms. The van der Waals surface area contributed by atoms with Gasteiger partial charge in [0.25, 0.3) is 10.1 Å². The molecule has 0 rings (SSSR count). The van der Waals surface area contributed by atoms with E-state index in [1.807, 2.05) is 0 Å². The van der Waals surface area contributed by atoms with Gasteiger partial charge in [0.05, 0.1) is 5.75 Å². The molecule has 0 aliphatic rings. The molecule has 3 N–H and O–H groups in total. The van der Waals surface area contributed by atoms with E-state index in [4.69, 9.17) is 0 Å². The summed E-state index contributed by atoms with van der Waals surface area (Å²) in [6.45, 7) is 4.68. The van der Waals surface area contributed by atoms with Crippen LogP contribution in [0.3, 0.4) is 0 Å². The summed E-state index contributed by atoms with van der Waals surface area (Å²) in [6.07, 6.45) is 1.50. The zero-order chi connectivity index (χ0) is 11.0. The molecular formula is C8H17NO5S. The van der Waals surface area contributed by atoms with E-state index in [-0.39, 0.29) is 25.1 Å². The van der Waals surface area contributed by atoms with Gasteiger partial charge in [-0.05, 0) is 6.42 Å². The molecule has 0 unspecified atom stereocenters. The third-order valence-corrected chi connectivity index (χ3v) is 2.65. The van der Waals surface area contributed by atoms with Gasteiger partial charge in [0.15, 0.2) is 0 Å². The summed E-state index contributed by atoms with van der Waals surface area (Å²) in [6, 6.07) is 0. The summed E-state index contributed by atoms with van der Waals surface area (Å²) in [7, 11) is -3.45. The summed E-state index contributed by atoms with van der Waals surface area (Å²) in [5.41, 5.74) is 0. The van der Waals surface area contributed by atoms with Crippen molar-refractivity contribution < 1.29 is 22.1 Å². The Morgan fingerprint density at radius 3 is 2.47 bits per heavy atom. The van der Waals surface area contributed by atoms with Crippen molar-refractivity contribution in [1.82, 2.24) is 6.15 Å². The van der Waals surface area contributed by atoms with Crippen LogP contribution >= 0.6 is 0 Å². The lowest BCUT2D eigenvalue weighted by molar-refractivity contribution is -0.138. The molecule has 0 atom stereocenters. The molecule has 0 bridgehead atoms. The normalized spacial score (nSPS) is 10.2. The van der Waals surface area contributed by atoms with E-state index in [0.717, 1.165) is 6.08 Å². The molecular weight excluding hydrogens is 222 g/mol. The molecule has 0 aromatic rings. The number of rotatable bonds is 7. The van der Waals surface area contributed by atoms with Gasteiger partial charge >= 0.3 is 5.97 Å². The number of hydrogen-bond acceptors (Lipinski definition) is 6. The average Bonchev–Trinajstić information content (AvgIpc) is 2.12. The largest absolute Gasteiger partial charge is 0.460 e. The van der Waals surface area contributed by atoms with Crippen molar-refractivity contribution >= 4 is 16.1 Å². The Morgan fingerprint density at radius 1 is 1.40 bits per heavy atom. The minimum atomic E-state index is -3.45. The highest BCUT2D eigenvalue weighted by molar-refractivity contribution is 7.86. The number of ether oxygens (including phenoxy) is 1. The summed E-state index contributed by atoms with van der Waals surface area (Å²) in [5, 5.41) is 0. The zero-order valence-electron chi connectivity index (χ0n) is 8.77. The van der Waals surface area contributed by atoms with Crippen LogP contribution < -0.4 is 6.15 Å². The second-order valence-electron chi connectivity index (χ2n) is 2.46. The molecule has 15 heavy (non-hydrogen) atoms. The summed E-state index contributed by atoms with van der Waals surface area (Å²) < 4.78 is 31.0. The maximum Gasteiger partial charge on any atom is 0.330 e. The van der Waals surface area contributed by atoms with Crippen LogP contribution in [0.15, 0.2) is 12.7 Å². The van der Waals surface area contributed by atoms with Gasteiger partial charge in [-0.2, -0.15) is 8.42 Å². The van der Waals surface area contributed by atoms with E-state index in [0.29, 0.717) is 6.42 Å². The minimum Gasteiger partial charge on any atom is -0.460 e. The molecule has 0 fully saturated rings. The fourth-order valence-corrected chi connectivity index (χ4v) is 1.61. The first-order chi connectivity index (χ1) is 6.52. The molecule has 6 nitrogen and oxygen atoms in total. The zero-order valence-corrected chi connectivity index (χ0v) is 9.59. The van der Waals surface area contributed by atoms with E-state index < -0.39 is 16.1 Å². The average molecular weight is 239 g/mol. The number of esters is 1. The molecule has 0 radical (unpaired) electrons. The van der Waals surface area contributed by atoms with Gasteiger partial charge in [-0.3, -0.25) is 4.18 Å². The molecule has 0 saturated carbocycles. The van der Waals surface area contributed by atoms with E-state index in [1.165, 1.54) is 0 Å². The number of hydrogen-bond donors (Lipinski definition) is 1. The Balaban J connectivity index is 0. The van der Waals surface area contributed by atoms with Crippen LogP contribution in [0.1, 0.15) is 13.3 Å². The monoisotopic (exact) mass is 239 g/mol. The first-order valence-corrected chi connectivity index (χ1v) is 5.76. The third-order valence-electron chi connectivity index (χ3n) is 1.21. The summed E-state index contributed by atoms with van der Waals surface area (Å²) in [5.74, 6) is -0.621. The summed E-state index contributed by atoms with van der Waals surface area (Å²) >= 11 is 0. The van der Waals surface area contributed by atoms with Crippen LogP contribution in [0.4, 0.5) is 0 Å². The van der Waals surface area contributed by atoms with Crippen LogP contribution in [0.25, 0.3) is 0 Å². The molecule has 0 aromatic heterocycles. The molecule has 0 aliphatic heterocycles. The first kappa shape index (κ1) is 16.5. The van der Waals surface area contributed by atoms with Crippen LogP contribution in [0, 0.1) is 0 Å². The Labute approximate surface area is 90.0 Å². The Hall–Kier alpha value is -0.920. The van der Waals surface area contributed by atoms with Crippen molar-refractivity contribution in [1.29, 1.82) is 0 Å². The van der Waals surface area contributed by atoms with Crippen LogP contribution in [0.2, 0.25) is 0 Å². The smallest absolute Gasteiger partial charge is 0.330 e. The van der Waals surface area contributed by atoms with Gasteiger partial charge < -0.3 is 10.9 Å². The van der Waals surface area contributed by atoms with Crippen molar-refractivity contribution in [2.24, 2.45) is 0 Å². The standard InChI is InChI=1S/C8H14O5S.H3N/c1-3-7-14(10,11)13-6-5-12-8(9)4-2;/h4H,2-3,5-7H2,1H3;1H3. The van der Waals surface area contributed by atoms with Crippen LogP contribution in [-0.2, 0) is 23.8 Å². The molecule has 0 saturated heterocycles. The highest BCUT2D eigenvalue weighted by Gasteiger charge is 2.09. The lowest BCUT2D eigenvalue weighted by Gasteiger charge is -2.04. The van der Waals surface area contributed by atoms with Crippen molar-refractivity contribution in [2.75, 3.05) is 19.0 Å². The van der Waals surface area contributed by atoms with Crippen molar-refractivity contribution in [3.8, 4) is 0 Å². The predicted octanol–water partition coefficient (Wildman–Crippen LogP) is 0.634. The van der Waals surface area contributed by atoms with E-state index in [2.05, 4.69) is 15.5 Å². The van der Waals surface area contributed by atoms with Crippen molar-refractivity contribution in [2.45, 2.75) is 13.3 Å². The number of carbonyl (C=O) groups excluding carboxylic acids is 1. The van der Waals surface area contributed by atoms with Gasteiger partial charge in [0, 0.05) is 6.08 Å². The molecule has 0 aliphatic carbocycles. The van der Waals surface area contributed by atoms with Gasteiger partial charge in [0.1, 0.15) is 13.2 Å². The number of carbonyl (C=O) groups is 1. The highest BCUT2D eigenvalue weighted by Crippen LogP contribution is 1.95. The lowest BCUT2D eigenvalue weighted by atomic mass is 10.6. The molecule has 0 heterocycles. The maximum atomic E-state index is 11.0. The molecule has 7 heteroatoms. The van der Waals surface area contributed by atoms with Crippen LogP contribution in [0.5, 0.6) is 0 Å². The van der Waals surface area contributed by atoms with Gasteiger partial charge in [0.2, 0.25) is 0 Å². The fraction of sp³-hybridized carbons (Fsp3) is 0.625. The van der Waals surface area contributed by atoms with Gasteiger partial charge in [-0.25, -0.2) is 4.79 Å². The molecule has 90 valence electrons. The summed E-state index contributed by atoms with van der Waals surface area (Å²) in [4.78, 5) is 10.5. The maximum absolute atomic E-state index is 11.0. The Bertz CT molecular complexity index is 285. The van der Waals surface area contributed by atoms with E-state index in [1.54, 1.807) is 6.92 Å². The van der Waals surface area contributed by atoms with Gasteiger partial charge in [-0.15, -0.1) is 0 Å². The first-order valence-electron chi connectivity index (χ1n) is 4.18. The van der Waals surface area contributed by atoms with Crippen molar-refractivity contribution in [3.63, 3.8) is 0 Å². The Morgan fingerprint density at radius 2 is 2.00 bits per heavy atom. The highest BCUT2D eigenvalue weighted by atomic mass is 32.2. The van der Waals surface area contributed by atoms with E-state index in [9.17, 15) is 13.2 Å². The fourth-order valence-electron chi connectivity index (χ4n) is 0.671. The Kier molecular flexibility index (Phi) is 9.24. The van der Waals surface area contributed by atoms with Gasteiger partial charge in [-0.1, -0.05) is 13.5 Å². The quantitative estimate of drug-likeness (QED) is 0.302. The molecule has 0 aromatic carbocycles. The predicted molar refractivity (Wildman–Crippen MR) is 56.2 cm³/mol. The topological polar surface area (TPSA) is 105 Å². The van der Waals surface area contributed by atoms with E-state index >= 15 is 0 Å². The van der Waals surface area contributed by atoms with Crippen molar-refractivity contribution in [3.05, 3.63) is 12.7 Å². The SMILES string of the molecule is C=CC(=O)OCCOS(=O)(=O)CCC.N. The van der Waals surface area contributed by atoms with Crippen LogP contribution in [-0.4, -0.2) is 33.4 Å². The minimum absolute atomic E-state index is 0.